The van der Waals surface area contributed by atoms with Crippen molar-refractivity contribution >= 4 is 49.6 Å². The summed E-state index contributed by atoms with van der Waals surface area (Å²) in [6, 6.07) is 0. The predicted molar refractivity (Wildman–Crippen MR) is 35.7 cm³/mol. The summed E-state index contributed by atoms with van der Waals surface area (Å²) in [5, 5.41) is 0. The fourth-order valence-corrected chi connectivity index (χ4v) is 0. The van der Waals surface area contributed by atoms with Crippen molar-refractivity contribution in [2.45, 2.75) is 7.43 Å². The molecule has 0 amide bonds. The Morgan fingerprint density at radius 1 is 0.500 bits per heavy atom. The minimum Gasteiger partial charge on any atom is -0.147 e. The molecule has 0 heterocycles. The third-order valence-corrected chi connectivity index (χ3v) is 0. The Labute approximate surface area is 77.1 Å². The van der Waals surface area contributed by atoms with E-state index in [1.807, 2.05) is 0 Å². The van der Waals surface area contributed by atoms with Crippen molar-refractivity contribution in [3.05, 3.63) is 0 Å². The van der Waals surface area contributed by atoms with Gasteiger partial charge in [0, 0.05) is 20.4 Å². The monoisotopic (exact) mass is 266 g/mol. The van der Waals surface area contributed by atoms with E-state index in [-0.39, 0.29) is 77.5 Å². The molecule has 0 saturated heterocycles. The van der Waals surface area contributed by atoms with E-state index in [1.165, 1.54) is 0 Å². The van der Waals surface area contributed by atoms with Crippen LogP contribution in [0.1, 0.15) is 7.43 Å². The van der Waals surface area contributed by atoms with Crippen molar-refractivity contribution in [3.8, 4) is 0 Å². The maximum absolute atomic E-state index is 0. The standard InChI is InChI=1S/CH4.4ClH.Pd/h1H4;4*1H;. The summed E-state index contributed by atoms with van der Waals surface area (Å²) in [6.07, 6.45) is 0. The summed E-state index contributed by atoms with van der Waals surface area (Å²) < 4.78 is 0. The normalized spacial score (nSPS) is 0. The average Bonchev–Trinajstić information content (AvgIpc) is 0. The van der Waals surface area contributed by atoms with Gasteiger partial charge in [0.25, 0.3) is 0 Å². The molecule has 0 aromatic carbocycles. The van der Waals surface area contributed by atoms with Gasteiger partial charge < -0.3 is 0 Å². The largest absolute Gasteiger partial charge is 0.147 e. The molecule has 0 atom stereocenters. The van der Waals surface area contributed by atoms with E-state index < -0.39 is 0 Å². The molecule has 5 heteroatoms. The quantitative estimate of drug-likeness (QED) is 0.591. The van der Waals surface area contributed by atoms with E-state index in [4.69, 9.17) is 0 Å². The molecule has 0 N–H and O–H groups in total. The maximum atomic E-state index is 0. The molecule has 0 spiro atoms. The van der Waals surface area contributed by atoms with E-state index in [0.717, 1.165) is 0 Å². The van der Waals surface area contributed by atoms with Gasteiger partial charge in [-0.05, 0) is 0 Å². The first-order valence-electron chi connectivity index (χ1n) is 0. The van der Waals surface area contributed by atoms with Gasteiger partial charge in [0.2, 0.25) is 0 Å². The van der Waals surface area contributed by atoms with E-state index in [2.05, 4.69) is 0 Å². The van der Waals surface area contributed by atoms with Gasteiger partial charge in [-0.1, -0.05) is 7.43 Å². The first-order valence-corrected chi connectivity index (χ1v) is 0. The van der Waals surface area contributed by atoms with Gasteiger partial charge in [0.1, 0.15) is 0 Å². The molecule has 6 heavy (non-hydrogen) atoms. The molecule has 0 aliphatic rings. The molecular weight excluding hydrogens is 260 g/mol. The van der Waals surface area contributed by atoms with Crippen molar-refractivity contribution in [1.82, 2.24) is 0 Å². The van der Waals surface area contributed by atoms with Crippen molar-refractivity contribution in [2.24, 2.45) is 0 Å². The summed E-state index contributed by atoms with van der Waals surface area (Å²) in [4.78, 5) is 0. The zero-order chi connectivity index (χ0) is 0. The molecule has 0 unspecified atom stereocenters. The van der Waals surface area contributed by atoms with Crippen molar-refractivity contribution in [1.29, 1.82) is 0 Å². The maximum Gasteiger partial charge on any atom is 0 e. The molecule has 0 rings (SSSR count). The Kier molecular flexibility index (Phi) is 1270. The van der Waals surface area contributed by atoms with Crippen LogP contribution in [0.25, 0.3) is 0 Å². The van der Waals surface area contributed by atoms with Gasteiger partial charge >= 0.3 is 0 Å². The third kappa shape index (κ3) is 40.8. The van der Waals surface area contributed by atoms with Crippen LogP contribution in [0.4, 0.5) is 0 Å². The topological polar surface area (TPSA) is 0 Å². The van der Waals surface area contributed by atoms with Gasteiger partial charge in [-0.25, -0.2) is 0 Å². The zero-order valence-electron chi connectivity index (χ0n) is 1.95. The van der Waals surface area contributed by atoms with Crippen LogP contribution in [0.2, 0.25) is 0 Å². The second-order valence-electron chi connectivity index (χ2n) is 0. The van der Waals surface area contributed by atoms with Crippen molar-refractivity contribution in [3.63, 3.8) is 0 Å². The molecule has 0 aromatic heterocycles. The molecular formula is CH8Cl4Pd. The van der Waals surface area contributed by atoms with Crippen LogP contribution in [-0.4, -0.2) is 0 Å². The average molecular weight is 268 g/mol. The van der Waals surface area contributed by atoms with E-state index >= 15 is 0 Å². The fraction of sp³-hybridized carbons (Fsp3) is 1.00. The summed E-state index contributed by atoms with van der Waals surface area (Å²) in [6.45, 7) is 0. The predicted octanol–water partition coefficient (Wildman–Crippen LogP) is 2.32. The summed E-state index contributed by atoms with van der Waals surface area (Å²) in [5.74, 6) is 0. The van der Waals surface area contributed by atoms with Crippen LogP contribution in [0, 0.1) is 0 Å². The minimum atomic E-state index is 0. The summed E-state index contributed by atoms with van der Waals surface area (Å²) in [5.41, 5.74) is 0. The minimum absolute atomic E-state index is 0. The molecule has 0 bridgehead atoms. The molecule has 0 nitrogen and oxygen atoms in total. The van der Waals surface area contributed by atoms with Crippen LogP contribution in [0.3, 0.4) is 0 Å². The fourth-order valence-electron chi connectivity index (χ4n) is 0. The Balaban J connectivity index is 0. The number of hydrogen-bond donors (Lipinski definition) is 0. The Morgan fingerprint density at radius 3 is 0.500 bits per heavy atom. The molecule has 0 aliphatic heterocycles. The van der Waals surface area contributed by atoms with Gasteiger partial charge in [-0.15, -0.1) is 49.6 Å². The van der Waals surface area contributed by atoms with E-state index in [9.17, 15) is 0 Å². The summed E-state index contributed by atoms with van der Waals surface area (Å²) >= 11 is 0. The molecule has 0 aliphatic carbocycles. The first kappa shape index (κ1) is 110. The van der Waals surface area contributed by atoms with Gasteiger partial charge in [-0.2, -0.15) is 0 Å². The molecule has 50 valence electrons. The van der Waals surface area contributed by atoms with Crippen LogP contribution < -0.4 is 0 Å². The van der Waals surface area contributed by atoms with E-state index in [1.54, 1.807) is 0 Å². The Morgan fingerprint density at radius 2 is 0.500 bits per heavy atom. The Bertz CT molecular complexity index is 7.51. The molecule has 0 aromatic rings. The zero-order valence-corrected chi connectivity index (χ0v) is 6.77. The van der Waals surface area contributed by atoms with Gasteiger partial charge in [0.05, 0.1) is 0 Å². The van der Waals surface area contributed by atoms with Gasteiger partial charge in [0.15, 0.2) is 0 Å². The smallest absolute Gasteiger partial charge is 0 e. The SMILES string of the molecule is C.Cl.Cl.Cl.Cl.[Pd]. The summed E-state index contributed by atoms with van der Waals surface area (Å²) in [7, 11) is 0. The number of rotatable bonds is 0. The molecule has 0 fully saturated rings. The van der Waals surface area contributed by atoms with Crippen LogP contribution in [0.5, 0.6) is 0 Å². The van der Waals surface area contributed by atoms with E-state index in [0.29, 0.717) is 0 Å². The van der Waals surface area contributed by atoms with Crippen molar-refractivity contribution in [2.75, 3.05) is 0 Å². The number of halogens is 4. The van der Waals surface area contributed by atoms with Crippen LogP contribution in [-0.2, 0) is 20.4 Å². The second kappa shape index (κ2) is 69.6. The third-order valence-electron chi connectivity index (χ3n) is 0. The van der Waals surface area contributed by atoms with Crippen molar-refractivity contribution < 1.29 is 20.4 Å². The molecule has 0 radical (unpaired) electrons. The van der Waals surface area contributed by atoms with Crippen LogP contribution in [0.15, 0.2) is 0 Å². The van der Waals surface area contributed by atoms with Gasteiger partial charge in [-0.3, -0.25) is 0 Å². The first-order chi connectivity index (χ1) is 0. The Hall–Kier alpha value is 1.82. The second-order valence-corrected chi connectivity index (χ2v) is 0. The van der Waals surface area contributed by atoms with Crippen LogP contribution >= 0.6 is 49.6 Å². The number of hydrogen-bond acceptors (Lipinski definition) is 0. The molecule has 0 saturated carbocycles.